The number of benzene rings is 1. The molecule has 106 valence electrons. The summed E-state index contributed by atoms with van der Waals surface area (Å²) in [7, 11) is 0. The molecule has 1 amide bonds. The molecule has 1 aromatic rings. The average molecular weight is 270 g/mol. The lowest BCUT2D eigenvalue weighted by Crippen LogP contribution is -2.24. The van der Waals surface area contributed by atoms with E-state index < -0.39 is 0 Å². The Bertz CT molecular complexity index is 550. The largest absolute Gasteiger partial charge is 0.271 e. The Balaban J connectivity index is 1.63. The van der Waals surface area contributed by atoms with E-state index in [1.165, 1.54) is 25.7 Å². The number of fused-ring (bicyclic) bond motifs is 2. The standard InChI is InChI=1S/C17H22N2O/c1-11-4-3-5-15(8-11)17(20)19-18-12(2)16-10-13-6-7-14(16)9-13/h3-5,8,13-14,16H,6-7,9-10H2,1-2H3,(H,19,20). The molecule has 2 saturated carbocycles. The SMILES string of the molecule is CC(=NNC(=O)c1cccc(C)c1)C1CC2CCC1C2. The Morgan fingerprint density at radius 3 is 2.80 bits per heavy atom. The molecular formula is C17H22N2O. The van der Waals surface area contributed by atoms with Crippen molar-refractivity contribution >= 4 is 11.6 Å². The van der Waals surface area contributed by atoms with Gasteiger partial charge in [-0.1, -0.05) is 24.1 Å². The van der Waals surface area contributed by atoms with Gasteiger partial charge in [0.05, 0.1) is 0 Å². The van der Waals surface area contributed by atoms with Crippen molar-refractivity contribution in [1.29, 1.82) is 0 Å². The Kier molecular flexibility index (Phi) is 3.60. The van der Waals surface area contributed by atoms with Crippen LogP contribution in [-0.2, 0) is 0 Å². The average Bonchev–Trinajstić information content (AvgIpc) is 3.07. The number of amides is 1. The van der Waals surface area contributed by atoms with Gasteiger partial charge in [0.15, 0.2) is 0 Å². The fourth-order valence-corrected chi connectivity index (χ4v) is 3.83. The first-order chi connectivity index (χ1) is 9.63. The summed E-state index contributed by atoms with van der Waals surface area (Å²) in [4.78, 5) is 12.1. The van der Waals surface area contributed by atoms with Gasteiger partial charge in [-0.15, -0.1) is 0 Å². The van der Waals surface area contributed by atoms with Gasteiger partial charge in [0.2, 0.25) is 0 Å². The molecule has 2 fully saturated rings. The predicted molar refractivity (Wildman–Crippen MR) is 80.7 cm³/mol. The topological polar surface area (TPSA) is 41.5 Å². The zero-order valence-corrected chi connectivity index (χ0v) is 12.2. The Morgan fingerprint density at radius 2 is 2.15 bits per heavy atom. The number of carbonyl (C=O) groups is 1. The highest BCUT2D eigenvalue weighted by Gasteiger charge is 2.40. The smallest absolute Gasteiger partial charge is 0.267 e. The number of hydrogen-bond acceptors (Lipinski definition) is 2. The van der Waals surface area contributed by atoms with Gasteiger partial charge in [-0.3, -0.25) is 4.79 Å². The molecular weight excluding hydrogens is 248 g/mol. The normalized spacial score (nSPS) is 28.7. The number of carbonyl (C=O) groups excluding carboxylic acids is 1. The summed E-state index contributed by atoms with van der Waals surface area (Å²) in [6.45, 7) is 4.04. The van der Waals surface area contributed by atoms with Gasteiger partial charge in [-0.2, -0.15) is 5.10 Å². The van der Waals surface area contributed by atoms with Crippen LogP contribution in [0, 0.1) is 24.7 Å². The van der Waals surface area contributed by atoms with Gasteiger partial charge >= 0.3 is 0 Å². The zero-order valence-electron chi connectivity index (χ0n) is 12.2. The fourth-order valence-electron chi connectivity index (χ4n) is 3.83. The third-order valence-corrected chi connectivity index (χ3v) is 4.89. The van der Waals surface area contributed by atoms with Crippen LogP contribution in [-0.4, -0.2) is 11.6 Å². The van der Waals surface area contributed by atoms with E-state index in [0.29, 0.717) is 11.5 Å². The van der Waals surface area contributed by atoms with Crippen molar-refractivity contribution in [1.82, 2.24) is 5.43 Å². The van der Waals surface area contributed by atoms with Gasteiger partial charge in [0.25, 0.3) is 5.91 Å². The highest BCUT2D eigenvalue weighted by atomic mass is 16.2. The number of nitrogens with one attached hydrogen (secondary N) is 1. The first-order valence-electron chi connectivity index (χ1n) is 7.54. The lowest BCUT2D eigenvalue weighted by molar-refractivity contribution is 0.0954. The number of rotatable bonds is 3. The molecule has 2 bridgehead atoms. The molecule has 0 spiro atoms. The lowest BCUT2D eigenvalue weighted by Gasteiger charge is -2.21. The molecule has 1 aromatic carbocycles. The van der Waals surface area contributed by atoms with E-state index in [0.717, 1.165) is 23.1 Å². The number of nitrogens with zero attached hydrogens (tertiary/aromatic N) is 1. The van der Waals surface area contributed by atoms with Crippen LogP contribution in [0.2, 0.25) is 0 Å². The van der Waals surface area contributed by atoms with E-state index in [-0.39, 0.29) is 5.91 Å². The van der Waals surface area contributed by atoms with Crippen molar-refractivity contribution in [3.8, 4) is 0 Å². The molecule has 0 aliphatic heterocycles. The molecule has 0 heterocycles. The molecule has 3 nitrogen and oxygen atoms in total. The summed E-state index contributed by atoms with van der Waals surface area (Å²) in [6.07, 6.45) is 5.36. The third-order valence-electron chi connectivity index (χ3n) is 4.89. The Morgan fingerprint density at radius 1 is 1.30 bits per heavy atom. The molecule has 3 unspecified atom stereocenters. The predicted octanol–water partition coefficient (Wildman–Crippen LogP) is 3.54. The minimum atomic E-state index is -0.115. The van der Waals surface area contributed by atoms with E-state index in [1.807, 2.05) is 31.2 Å². The second-order valence-electron chi connectivity index (χ2n) is 6.34. The van der Waals surface area contributed by atoms with Crippen molar-refractivity contribution in [2.24, 2.45) is 22.9 Å². The Labute approximate surface area is 120 Å². The van der Waals surface area contributed by atoms with Crippen LogP contribution in [0.5, 0.6) is 0 Å². The summed E-state index contributed by atoms with van der Waals surface area (Å²) in [6, 6.07) is 7.60. The van der Waals surface area contributed by atoms with Crippen molar-refractivity contribution in [2.45, 2.75) is 39.5 Å². The summed E-state index contributed by atoms with van der Waals surface area (Å²) in [5, 5.41) is 4.35. The molecule has 3 atom stereocenters. The van der Waals surface area contributed by atoms with Crippen LogP contribution in [0.25, 0.3) is 0 Å². The van der Waals surface area contributed by atoms with E-state index in [1.54, 1.807) is 0 Å². The molecule has 0 saturated heterocycles. The van der Waals surface area contributed by atoms with Gasteiger partial charge < -0.3 is 0 Å². The monoisotopic (exact) mass is 270 g/mol. The summed E-state index contributed by atoms with van der Waals surface area (Å²) in [5.41, 5.74) is 5.57. The van der Waals surface area contributed by atoms with Crippen LogP contribution < -0.4 is 5.43 Å². The summed E-state index contributed by atoms with van der Waals surface area (Å²) in [5.74, 6) is 2.19. The van der Waals surface area contributed by atoms with Crippen molar-refractivity contribution < 1.29 is 4.79 Å². The van der Waals surface area contributed by atoms with Gasteiger partial charge in [0.1, 0.15) is 0 Å². The molecule has 1 N–H and O–H groups in total. The maximum atomic E-state index is 12.1. The van der Waals surface area contributed by atoms with Crippen LogP contribution in [0.4, 0.5) is 0 Å². The lowest BCUT2D eigenvalue weighted by atomic mass is 9.86. The minimum absolute atomic E-state index is 0.115. The summed E-state index contributed by atoms with van der Waals surface area (Å²) < 4.78 is 0. The highest BCUT2D eigenvalue weighted by Crippen LogP contribution is 2.48. The first kappa shape index (κ1) is 13.3. The number of hydrogen-bond donors (Lipinski definition) is 1. The highest BCUT2D eigenvalue weighted by molar-refractivity contribution is 5.95. The summed E-state index contributed by atoms with van der Waals surface area (Å²) >= 11 is 0. The Hall–Kier alpha value is -1.64. The number of hydrazone groups is 1. The van der Waals surface area contributed by atoms with E-state index in [9.17, 15) is 4.79 Å². The van der Waals surface area contributed by atoms with Crippen LogP contribution >= 0.6 is 0 Å². The van der Waals surface area contributed by atoms with E-state index >= 15 is 0 Å². The van der Waals surface area contributed by atoms with Crippen LogP contribution in [0.3, 0.4) is 0 Å². The molecule has 20 heavy (non-hydrogen) atoms. The molecule has 2 aliphatic carbocycles. The molecule has 0 aromatic heterocycles. The molecule has 0 radical (unpaired) electrons. The van der Waals surface area contributed by atoms with Crippen LogP contribution in [0.15, 0.2) is 29.4 Å². The van der Waals surface area contributed by atoms with Gasteiger partial charge in [-0.25, -0.2) is 5.43 Å². The van der Waals surface area contributed by atoms with Crippen molar-refractivity contribution in [3.05, 3.63) is 35.4 Å². The maximum Gasteiger partial charge on any atom is 0.271 e. The number of aryl methyl sites for hydroxylation is 1. The third kappa shape index (κ3) is 2.62. The van der Waals surface area contributed by atoms with Gasteiger partial charge in [0, 0.05) is 17.2 Å². The van der Waals surface area contributed by atoms with Crippen LogP contribution in [0.1, 0.15) is 48.5 Å². The molecule has 3 rings (SSSR count). The van der Waals surface area contributed by atoms with E-state index in [2.05, 4.69) is 17.5 Å². The second-order valence-corrected chi connectivity index (χ2v) is 6.34. The van der Waals surface area contributed by atoms with Crippen molar-refractivity contribution in [3.63, 3.8) is 0 Å². The fraction of sp³-hybridized carbons (Fsp3) is 0.529. The molecule has 3 heteroatoms. The quantitative estimate of drug-likeness (QED) is 0.662. The van der Waals surface area contributed by atoms with Crippen molar-refractivity contribution in [2.75, 3.05) is 0 Å². The molecule has 2 aliphatic rings. The van der Waals surface area contributed by atoms with E-state index in [4.69, 9.17) is 0 Å². The first-order valence-corrected chi connectivity index (χ1v) is 7.54. The maximum absolute atomic E-state index is 12.1. The zero-order chi connectivity index (χ0) is 14.1. The minimum Gasteiger partial charge on any atom is -0.267 e. The van der Waals surface area contributed by atoms with Gasteiger partial charge in [-0.05, 0) is 57.1 Å². The second kappa shape index (κ2) is 5.39.